The lowest BCUT2D eigenvalue weighted by Gasteiger charge is -2.43. The molecule has 0 radical (unpaired) electrons. The Bertz CT molecular complexity index is 406. The second kappa shape index (κ2) is 5.45. The summed E-state index contributed by atoms with van der Waals surface area (Å²) in [6.07, 6.45) is 4.68. The Morgan fingerprint density at radius 1 is 1.30 bits per heavy atom. The quantitative estimate of drug-likeness (QED) is 0.752. The average Bonchev–Trinajstić information content (AvgIpc) is 2.70. The number of imide groups is 1. The molecule has 1 spiro atoms. The molecule has 3 fully saturated rings. The molecule has 1 N–H and O–H groups in total. The molecule has 0 aromatic carbocycles. The van der Waals surface area contributed by atoms with Crippen LogP contribution in [0.5, 0.6) is 0 Å². The summed E-state index contributed by atoms with van der Waals surface area (Å²) in [6, 6.07) is 0.590. The van der Waals surface area contributed by atoms with Crippen LogP contribution < -0.4 is 5.32 Å². The Hall–Kier alpha value is -0.940. The van der Waals surface area contributed by atoms with E-state index in [4.69, 9.17) is 0 Å². The highest BCUT2D eigenvalue weighted by Crippen LogP contribution is 2.41. The maximum absolute atomic E-state index is 12.6. The molecular weight excluding hydrogens is 254 g/mol. The predicted octanol–water partition coefficient (Wildman–Crippen LogP) is 0.599. The summed E-state index contributed by atoms with van der Waals surface area (Å²) in [7, 11) is 0. The van der Waals surface area contributed by atoms with Gasteiger partial charge < -0.3 is 5.32 Å². The van der Waals surface area contributed by atoms with E-state index in [1.54, 1.807) is 0 Å². The van der Waals surface area contributed by atoms with Crippen molar-refractivity contribution in [2.45, 2.75) is 45.1 Å². The van der Waals surface area contributed by atoms with Gasteiger partial charge in [0.05, 0.1) is 5.41 Å². The van der Waals surface area contributed by atoms with E-state index in [0.717, 1.165) is 51.9 Å². The number of nitrogens with zero attached hydrogens (tertiary/aromatic N) is 2. The van der Waals surface area contributed by atoms with Crippen molar-refractivity contribution >= 4 is 11.8 Å². The molecule has 3 saturated heterocycles. The second-order valence-corrected chi connectivity index (χ2v) is 6.46. The summed E-state index contributed by atoms with van der Waals surface area (Å²) < 4.78 is 0. The van der Waals surface area contributed by atoms with Crippen molar-refractivity contribution in [2.75, 3.05) is 32.7 Å². The lowest BCUT2D eigenvalue weighted by molar-refractivity contribution is -0.142. The number of amides is 2. The molecule has 0 aromatic heterocycles. The van der Waals surface area contributed by atoms with Crippen LogP contribution in [0.4, 0.5) is 0 Å². The Balaban J connectivity index is 1.74. The monoisotopic (exact) mass is 279 g/mol. The molecule has 3 rings (SSSR count). The van der Waals surface area contributed by atoms with Crippen molar-refractivity contribution in [3.8, 4) is 0 Å². The lowest BCUT2D eigenvalue weighted by atomic mass is 9.77. The molecule has 2 amide bonds. The van der Waals surface area contributed by atoms with Gasteiger partial charge in [0.2, 0.25) is 11.8 Å². The topological polar surface area (TPSA) is 52.7 Å². The van der Waals surface area contributed by atoms with Crippen molar-refractivity contribution in [3.05, 3.63) is 0 Å². The van der Waals surface area contributed by atoms with Crippen LogP contribution >= 0.6 is 0 Å². The van der Waals surface area contributed by atoms with Crippen LogP contribution in [0.2, 0.25) is 0 Å². The first-order valence-corrected chi connectivity index (χ1v) is 7.96. The molecule has 1 atom stereocenters. The third kappa shape index (κ3) is 2.27. The van der Waals surface area contributed by atoms with Crippen LogP contribution in [0.1, 0.15) is 39.0 Å². The van der Waals surface area contributed by atoms with Crippen LogP contribution in [0.3, 0.4) is 0 Å². The highest BCUT2D eigenvalue weighted by molar-refractivity contribution is 6.06. The molecule has 3 aliphatic rings. The minimum Gasteiger partial charge on any atom is -0.317 e. The number of carbonyl (C=O) groups excluding carboxylic acids is 2. The SMILES string of the molecule is CCN1C(=O)CC2(CCCN(C3CCNCC3)C2)C1=O. The molecule has 3 heterocycles. The van der Waals surface area contributed by atoms with Gasteiger partial charge in [0, 0.05) is 25.6 Å². The third-order valence-electron chi connectivity index (χ3n) is 5.24. The van der Waals surface area contributed by atoms with E-state index < -0.39 is 5.41 Å². The zero-order valence-electron chi connectivity index (χ0n) is 12.4. The number of carbonyl (C=O) groups is 2. The maximum atomic E-state index is 12.6. The number of likely N-dealkylation sites (tertiary alicyclic amines) is 2. The smallest absolute Gasteiger partial charge is 0.237 e. The largest absolute Gasteiger partial charge is 0.317 e. The third-order valence-corrected chi connectivity index (χ3v) is 5.24. The van der Waals surface area contributed by atoms with Crippen molar-refractivity contribution < 1.29 is 9.59 Å². The first-order valence-electron chi connectivity index (χ1n) is 7.96. The fraction of sp³-hybridized carbons (Fsp3) is 0.867. The van der Waals surface area contributed by atoms with Gasteiger partial charge in [0.25, 0.3) is 0 Å². The van der Waals surface area contributed by atoms with E-state index in [-0.39, 0.29) is 11.8 Å². The number of hydrogen-bond acceptors (Lipinski definition) is 4. The highest BCUT2D eigenvalue weighted by atomic mass is 16.2. The summed E-state index contributed by atoms with van der Waals surface area (Å²) in [5.41, 5.74) is -0.407. The van der Waals surface area contributed by atoms with E-state index in [0.29, 0.717) is 19.0 Å². The predicted molar refractivity (Wildman–Crippen MR) is 76.1 cm³/mol. The van der Waals surface area contributed by atoms with Gasteiger partial charge in [0.1, 0.15) is 0 Å². The van der Waals surface area contributed by atoms with Crippen LogP contribution in [0, 0.1) is 5.41 Å². The van der Waals surface area contributed by atoms with Crippen LogP contribution in [-0.2, 0) is 9.59 Å². The Kier molecular flexibility index (Phi) is 3.82. The van der Waals surface area contributed by atoms with Gasteiger partial charge in [-0.3, -0.25) is 19.4 Å². The number of nitrogens with one attached hydrogen (secondary N) is 1. The molecule has 0 bridgehead atoms. The van der Waals surface area contributed by atoms with E-state index in [1.165, 1.54) is 4.90 Å². The summed E-state index contributed by atoms with van der Waals surface area (Å²) in [4.78, 5) is 28.6. The molecule has 0 saturated carbocycles. The van der Waals surface area contributed by atoms with Crippen molar-refractivity contribution in [2.24, 2.45) is 5.41 Å². The van der Waals surface area contributed by atoms with Gasteiger partial charge in [-0.1, -0.05) is 0 Å². The number of rotatable bonds is 2. The van der Waals surface area contributed by atoms with Crippen molar-refractivity contribution in [1.82, 2.24) is 15.1 Å². The van der Waals surface area contributed by atoms with E-state index in [9.17, 15) is 9.59 Å². The van der Waals surface area contributed by atoms with Gasteiger partial charge in [-0.15, -0.1) is 0 Å². The maximum Gasteiger partial charge on any atom is 0.237 e. The van der Waals surface area contributed by atoms with Gasteiger partial charge in [-0.25, -0.2) is 0 Å². The van der Waals surface area contributed by atoms with Crippen molar-refractivity contribution in [1.29, 1.82) is 0 Å². The minimum atomic E-state index is -0.407. The average molecular weight is 279 g/mol. The van der Waals surface area contributed by atoms with Crippen LogP contribution in [0.15, 0.2) is 0 Å². The van der Waals surface area contributed by atoms with Gasteiger partial charge in [0.15, 0.2) is 0 Å². The first-order chi connectivity index (χ1) is 9.66. The van der Waals surface area contributed by atoms with E-state index >= 15 is 0 Å². The summed E-state index contributed by atoms with van der Waals surface area (Å²) in [5.74, 6) is 0.119. The molecule has 0 aromatic rings. The Morgan fingerprint density at radius 2 is 2.05 bits per heavy atom. The molecule has 5 nitrogen and oxygen atoms in total. The van der Waals surface area contributed by atoms with Gasteiger partial charge >= 0.3 is 0 Å². The minimum absolute atomic E-state index is 0.0321. The number of hydrogen-bond donors (Lipinski definition) is 1. The Morgan fingerprint density at radius 3 is 2.70 bits per heavy atom. The summed E-state index contributed by atoms with van der Waals surface area (Å²) in [6.45, 7) is 6.43. The fourth-order valence-electron chi connectivity index (χ4n) is 4.15. The van der Waals surface area contributed by atoms with E-state index in [2.05, 4.69) is 10.2 Å². The van der Waals surface area contributed by atoms with E-state index in [1.807, 2.05) is 6.92 Å². The number of piperidine rings is 2. The molecule has 112 valence electrons. The molecular formula is C15H25N3O2. The summed E-state index contributed by atoms with van der Waals surface area (Å²) >= 11 is 0. The molecule has 3 aliphatic heterocycles. The fourth-order valence-corrected chi connectivity index (χ4v) is 4.15. The first kappa shape index (κ1) is 14.0. The van der Waals surface area contributed by atoms with Gasteiger partial charge in [-0.05, 0) is 52.2 Å². The van der Waals surface area contributed by atoms with Crippen LogP contribution in [-0.4, -0.2) is 60.4 Å². The standard InChI is InChI=1S/C15H25N3O2/c1-2-18-13(19)10-15(14(18)20)6-3-9-17(11-15)12-4-7-16-8-5-12/h12,16H,2-11H2,1H3. The second-order valence-electron chi connectivity index (χ2n) is 6.46. The Labute approximate surface area is 120 Å². The zero-order valence-corrected chi connectivity index (χ0v) is 12.4. The molecule has 0 aliphatic carbocycles. The highest BCUT2D eigenvalue weighted by Gasteiger charge is 2.53. The summed E-state index contributed by atoms with van der Waals surface area (Å²) in [5, 5.41) is 3.39. The lowest BCUT2D eigenvalue weighted by Crippen LogP contribution is -2.53. The zero-order chi connectivity index (χ0) is 14.2. The molecule has 5 heteroatoms. The normalized spacial score (nSPS) is 33.4. The molecule has 1 unspecified atom stereocenters. The molecule has 20 heavy (non-hydrogen) atoms. The van der Waals surface area contributed by atoms with Crippen LogP contribution in [0.25, 0.3) is 0 Å². The van der Waals surface area contributed by atoms with Gasteiger partial charge in [-0.2, -0.15) is 0 Å². The van der Waals surface area contributed by atoms with Crippen molar-refractivity contribution in [3.63, 3.8) is 0 Å².